The van der Waals surface area contributed by atoms with Crippen molar-refractivity contribution in [3.8, 4) is 17.5 Å². The molecule has 0 saturated heterocycles. The monoisotopic (exact) mass is 446 g/mol. The Hall–Kier alpha value is -4.17. The van der Waals surface area contributed by atoms with Gasteiger partial charge in [0.1, 0.15) is 17.4 Å². The average Bonchev–Trinajstić information content (AvgIpc) is 3.45. The van der Waals surface area contributed by atoms with E-state index in [0.29, 0.717) is 17.5 Å². The number of hydrogen-bond donors (Lipinski definition) is 1. The minimum Gasteiger partial charge on any atom is -0.497 e. The molecule has 0 atom stereocenters. The van der Waals surface area contributed by atoms with Crippen LogP contribution in [0.1, 0.15) is 11.1 Å². The molecular formula is C21H18N8O2S. The molecule has 0 unspecified atom stereocenters. The summed E-state index contributed by atoms with van der Waals surface area (Å²) in [4.78, 5) is 12.6. The molecule has 0 spiro atoms. The Labute approximate surface area is 187 Å². The van der Waals surface area contributed by atoms with E-state index in [1.807, 2.05) is 54.6 Å². The zero-order chi connectivity index (χ0) is 22.3. The molecule has 0 aliphatic rings. The summed E-state index contributed by atoms with van der Waals surface area (Å²) in [5.41, 5.74) is 2.01. The summed E-state index contributed by atoms with van der Waals surface area (Å²) in [7, 11) is 1.61. The molecule has 0 bridgehead atoms. The highest BCUT2D eigenvalue weighted by atomic mass is 32.2. The van der Waals surface area contributed by atoms with E-state index in [2.05, 4.69) is 32.0 Å². The molecule has 0 fully saturated rings. The van der Waals surface area contributed by atoms with Crippen molar-refractivity contribution in [1.29, 1.82) is 5.26 Å². The minimum absolute atomic E-state index is 0.0633. The molecule has 0 aliphatic carbocycles. The Morgan fingerprint density at radius 2 is 1.97 bits per heavy atom. The van der Waals surface area contributed by atoms with Crippen LogP contribution in [0, 0.1) is 11.3 Å². The van der Waals surface area contributed by atoms with Crippen molar-refractivity contribution in [2.45, 2.75) is 11.7 Å². The molecule has 0 aliphatic heterocycles. The van der Waals surface area contributed by atoms with E-state index in [9.17, 15) is 10.1 Å². The second kappa shape index (κ2) is 9.76. The first kappa shape index (κ1) is 21.1. The number of methoxy groups -OCH3 is 1. The van der Waals surface area contributed by atoms with Crippen LogP contribution in [0.15, 0.2) is 66.0 Å². The summed E-state index contributed by atoms with van der Waals surface area (Å²) in [5, 5.41) is 28.6. The molecule has 160 valence electrons. The summed E-state index contributed by atoms with van der Waals surface area (Å²) in [6.07, 6.45) is 1.42. The van der Waals surface area contributed by atoms with E-state index >= 15 is 0 Å². The van der Waals surface area contributed by atoms with Crippen LogP contribution in [0.4, 0.5) is 5.82 Å². The molecule has 4 aromatic rings. The number of thioether (sulfide) groups is 1. The number of nitriles is 1. The van der Waals surface area contributed by atoms with Crippen LogP contribution in [0.25, 0.3) is 5.69 Å². The van der Waals surface area contributed by atoms with E-state index in [1.54, 1.807) is 11.8 Å². The van der Waals surface area contributed by atoms with Crippen molar-refractivity contribution in [2.75, 3.05) is 18.2 Å². The standard InChI is InChI=1S/C21H18N8O2S/c1-31-18-9-7-15(8-10-18)13-28-21(25-26-27-28)32-14-19(30)24-20-16(11-22)12-23-29(20)17-5-3-2-4-6-17/h2-10,12H,13-14H2,1H3,(H,24,30). The number of carbonyl (C=O) groups excluding carboxylic acids is 1. The summed E-state index contributed by atoms with van der Waals surface area (Å²) in [6.45, 7) is 0.459. The van der Waals surface area contributed by atoms with Crippen LogP contribution in [0.3, 0.4) is 0 Å². The summed E-state index contributed by atoms with van der Waals surface area (Å²) in [5.74, 6) is 0.849. The van der Waals surface area contributed by atoms with Gasteiger partial charge in [-0.25, -0.2) is 9.36 Å². The van der Waals surface area contributed by atoms with Crippen molar-refractivity contribution in [2.24, 2.45) is 0 Å². The predicted octanol–water partition coefficient (Wildman–Crippen LogP) is 2.52. The number of aromatic nitrogens is 6. The summed E-state index contributed by atoms with van der Waals surface area (Å²) in [6, 6.07) is 18.9. The van der Waals surface area contributed by atoms with Gasteiger partial charge in [-0.15, -0.1) is 5.10 Å². The molecule has 10 nitrogen and oxygen atoms in total. The number of tetrazole rings is 1. The van der Waals surface area contributed by atoms with Crippen LogP contribution in [0.5, 0.6) is 5.75 Å². The van der Waals surface area contributed by atoms with Gasteiger partial charge in [0.25, 0.3) is 0 Å². The van der Waals surface area contributed by atoms with Crippen LogP contribution >= 0.6 is 11.8 Å². The maximum absolute atomic E-state index is 12.6. The second-order valence-electron chi connectivity index (χ2n) is 6.57. The van der Waals surface area contributed by atoms with Gasteiger partial charge in [0.2, 0.25) is 11.1 Å². The first-order chi connectivity index (χ1) is 15.7. The first-order valence-electron chi connectivity index (χ1n) is 9.53. The van der Waals surface area contributed by atoms with E-state index in [0.717, 1.165) is 17.0 Å². The summed E-state index contributed by atoms with van der Waals surface area (Å²) < 4.78 is 8.31. The van der Waals surface area contributed by atoms with Gasteiger partial charge in [0, 0.05) is 0 Å². The number of amides is 1. The lowest BCUT2D eigenvalue weighted by Gasteiger charge is -2.09. The van der Waals surface area contributed by atoms with Gasteiger partial charge in [-0.2, -0.15) is 10.4 Å². The lowest BCUT2D eigenvalue weighted by molar-refractivity contribution is -0.113. The third kappa shape index (κ3) is 4.76. The fraction of sp³-hybridized carbons (Fsp3) is 0.143. The number of benzene rings is 2. The average molecular weight is 446 g/mol. The van der Waals surface area contributed by atoms with Gasteiger partial charge in [-0.1, -0.05) is 42.1 Å². The lowest BCUT2D eigenvalue weighted by atomic mass is 10.2. The fourth-order valence-electron chi connectivity index (χ4n) is 2.92. The summed E-state index contributed by atoms with van der Waals surface area (Å²) >= 11 is 1.20. The minimum atomic E-state index is -0.303. The largest absolute Gasteiger partial charge is 0.497 e. The number of nitrogens with zero attached hydrogens (tertiary/aromatic N) is 7. The molecule has 11 heteroatoms. The normalized spacial score (nSPS) is 10.5. The number of nitrogens with one attached hydrogen (secondary N) is 1. The number of ether oxygens (including phenoxy) is 1. The fourth-order valence-corrected chi connectivity index (χ4v) is 3.59. The Kier molecular flexibility index (Phi) is 6.43. The molecule has 4 rings (SSSR count). The zero-order valence-electron chi connectivity index (χ0n) is 17.0. The van der Waals surface area contributed by atoms with Crippen LogP contribution < -0.4 is 10.1 Å². The number of rotatable bonds is 8. The van der Waals surface area contributed by atoms with Crippen molar-refractivity contribution in [1.82, 2.24) is 30.0 Å². The molecule has 32 heavy (non-hydrogen) atoms. The Morgan fingerprint density at radius 3 is 2.69 bits per heavy atom. The third-order valence-corrected chi connectivity index (χ3v) is 5.43. The smallest absolute Gasteiger partial charge is 0.236 e. The van der Waals surface area contributed by atoms with Gasteiger partial charge >= 0.3 is 0 Å². The zero-order valence-corrected chi connectivity index (χ0v) is 17.9. The van der Waals surface area contributed by atoms with Gasteiger partial charge in [0.05, 0.1) is 31.3 Å². The van der Waals surface area contributed by atoms with Crippen LogP contribution in [0.2, 0.25) is 0 Å². The highest BCUT2D eigenvalue weighted by Gasteiger charge is 2.16. The molecule has 0 saturated carbocycles. The van der Waals surface area contributed by atoms with E-state index < -0.39 is 0 Å². The molecule has 2 heterocycles. The highest BCUT2D eigenvalue weighted by Crippen LogP contribution is 2.21. The SMILES string of the molecule is COc1ccc(Cn2nnnc2SCC(=O)Nc2c(C#N)cnn2-c2ccccc2)cc1. The molecular weight excluding hydrogens is 428 g/mol. The second-order valence-corrected chi connectivity index (χ2v) is 7.51. The predicted molar refractivity (Wildman–Crippen MR) is 118 cm³/mol. The van der Waals surface area contributed by atoms with Gasteiger partial charge in [-0.3, -0.25) is 4.79 Å². The third-order valence-electron chi connectivity index (χ3n) is 4.47. The first-order valence-corrected chi connectivity index (χ1v) is 10.5. The van der Waals surface area contributed by atoms with Crippen LogP contribution in [-0.2, 0) is 11.3 Å². The van der Waals surface area contributed by atoms with Gasteiger partial charge in [0.15, 0.2) is 5.82 Å². The topological polar surface area (TPSA) is 124 Å². The van der Waals surface area contributed by atoms with Crippen molar-refractivity contribution in [3.05, 3.63) is 71.9 Å². The maximum atomic E-state index is 12.6. The van der Waals surface area contributed by atoms with Gasteiger partial charge < -0.3 is 10.1 Å². The van der Waals surface area contributed by atoms with E-state index in [4.69, 9.17) is 4.74 Å². The maximum Gasteiger partial charge on any atom is 0.236 e. The van der Waals surface area contributed by atoms with Crippen LogP contribution in [-0.4, -0.2) is 48.8 Å². The molecule has 2 aromatic heterocycles. The molecule has 1 N–H and O–H groups in total. The Bertz CT molecular complexity index is 1250. The van der Waals surface area contributed by atoms with Gasteiger partial charge in [-0.05, 0) is 40.3 Å². The molecule has 2 aromatic carbocycles. The van der Waals surface area contributed by atoms with Crippen molar-refractivity contribution in [3.63, 3.8) is 0 Å². The highest BCUT2D eigenvalue weighted by molar-refractivity contribution is 7.99. The Morgan fingerprint density at radius 1 is 1.19 bits per heavy atom. The number of hydrogen-bond acceptors (Lipinski definition) is 8. The van der Waals surface area contributed by atoms with Crippen molar-refractivity contribution >= 4 is 23.5 Å². The molecule has 1 amide bonds. The molecule has 0 radical (unpaired) electrons. The van der Waals surface area contributed by atoms with E-state index in [-0.39, 0.29) is 17.2 Å². The van der Waals surface area contributed by atoms with E-state index in [1.165, 1.54) is 22.6 Å². The number of carbonyl (C=O) groups is 1. The quantitative estimate of drug-likeness (QED) is 0.410. The number of anilines is 1. The number of para-hydroxylation sites is 1. The lowest BCUT2D eigenvalue weighted by Crippen LogP contribution is -2.18. The van der Waals surface area contributed by atoms with Crippen molar-refractivity contribution < 1.29 is 9.53 Å². The Balaban J connectivity index is 1.42.